The van der Waals surface area contributed by atoms with Crippen molar-refractivity contribution in [1.82, 2.24) is 10.6 Å². The molecule has 0 radical (unpaired) electrons. The van der Waals surface area contributed by atoms with Crippen LogP contribution in [0.15, 0.2) is 0 Å². The van der Waals surface area contributed by atoms with Crippen molar-refractivity contribution in [1.29, 1.82) is 0 Å². The van der Waals surface area contributed by atoms with Gasteiger partial charge in [-0.2, -0.15) is 11.8 Å². The first kappa shape index (κ1) is 12.8. The second-order valence-corrected chi connectivity index (χ2v) is 5.85. The SMILES string of the molecule is CSC(C)CCNC(=O)C1(C)CCNC1. The average Bonchev–Trinajstić information content (AvgIpc) is 2.66. The summed E-state index contributed by atoms with van der Waals surface area (Å²) in [6.45, 7) is 6.81. The summed E-state index contributed by atoms with van der Waals surface area (Å²) in [5, 5.41) is 6.90. The predicted octanol–water partition coefficient (Wildman–Crippen LogP) is 1.24. The summed E-state index contributed by atoms with van der Waals surface area (Å²) in [6.07, 6.45) is 4.11. The predicted molar refractivity (Wildman–Crippen MR) is 66.2 cm³/mol. The fourth-order valence-electron chi connectivity index (χ4n) is 1.73. The van der Waals surface area contributed by atoms with E-state index >= 15 is 0 Å². The quantitative estimate of drug-likeness (QED) is 0.747. The molecule has 0 aromatic rings. The second-order valence-electron chi connectivity index (χ2n) is 4.58. The van der Waals surface area contributed by atoms with Crippen molar-refractivity contribution in [2.24, 2.45) is 5.41 Å². The molecule has 1 fully saturated rings. The minimum Gasteiger partial charge on any atom is -0.356 e. The van der Waals surface area contributed by atoms with Gasteiger partial charge in [-0.05, 0) is 32.6 Å². The largest absolute Gasteiger partial charge is 0.356 e. The lowest BCUT2D eigenvalue weighted by molar-refractivity contribution is -0.129. The number of hydrogen-bond acceptors (Lipinski definition) is 3. The fourth-order valence-corrected chi connectivity index (χ4v) is 2.08. The number of thioether (sulfide) groups is 1. The molecule has 2 unspecified atom stereocenters. The monoisotopic (exact) mass is 230 g/mol. The Bertz CT molecular complexity index is 215. The van der Waals surface area contributed by atoms with E-state index < -0.39 is 0 Å². The van der Waals surface area contributed by atoms with E-state index in [1.807, 2.05) is 18.7 Å². The summed E-state index contributed by atoms with van der Waals surface area (Å²) in [7, 11) is 0. The molecule has 2 N–H and O–H groups in total. The molecule has 1 aliphatic rings. The molecular weight excluding hydrogens is 208 g/mol. The normalized spacial score (nSPS) is 27.7. The van der Waals surface area contributed by atoms with E-state index in [1.54, 1.807) is 0 Å². The molecule has 0 aromatic heterocycles. The summed E-state index contributed by atoms with van der Waals surface area (Å²) in [5.74, 6) is 0.209. The summed E-state index contributed by atoms with van der Waals surface area (Å²) in [5.41, 5.74) is -0.178. The standard InChI is InChI=1S/C11H22N2OS/c1-9(15-3)4-6-13-10(14)11(2)5-7-12-8-11/h9,12H,4-8H2,1-3H3,(H,13,14). The van der Waals surface area contributed by atoms with Crippen molar-refractivity contribution < 1.29 is 4.79 Å². The minimum absolute atomic E-state index is 0.178. The smallest absolute Gasteiger partial charge is 0.227 e. The van der Waals surface area contributed by atoms with E-state index in [0.29, 0.717) is 5.25 Å². The van der Waals surface area contributed by atoms with Crippen LogP contribution >= 0.6 is 11.8 Å². The van der Waals surface area contributed by atoms with Crippen LogP contribution in [0.2, 0.25) is 0 Å². The molecule has 0 spiro atoms. The molecule has 88 valence electrons. The Morgan fingerprint density at radius 1 is 1.67 bits per heavy atom. The number of nitrogens with one attached hydrogen (secondary N) is 2. The Balaban J connectivity index is 2.24. The molecule has 4 heteroatoms. The van der Waals surface area contributed by atoms with Gasteiger partial charge < -0.3 is 10.6 Å². The molecule has 1 amide bonds. The zero-order valence-electron chi connectivity index (χ0n) is 9.93. The highest BCUT2D eigenvalue weighted by Crippen LogP contribution is 2.24. The molecular formula is C11H22N2OS. The van der Waals surface area contributed by atoms with E-state index in [0.717, 1.165) is 32.5 Å². The Labute approximate surface area is 96.8 Å². The number of carbonyl (C=O) groups is 1. The maximum absolute atomic E-state index is 11.9. The number of hydrogen-bond donors (Lipinski definition) is 2. The number of carbonyl (C=O) groups excluding carboxylic acids is 1. The van der Waals surface area contributed by atoms with Crippen LogP contribution in [0.3, 0.4) is 0 Å². The zero-order chi connectivity index (χ0) is 11.3. The van der Waals surface area contributed by atoms with Gasteiger partial charge in [-0.1, -0.05) is 6.92 Å². The summed E-state index contributed by atoms with van der Waals surface area (Å²) in [6, 6.07) is 0. The van der Waals surface area contributed by atoms with Gasteiger partial charge in [0.25, 0.3) is 0 Å². The molecule has 0 aliphatic carbocycles. The molecule has 15 heavy (non-hydrogen) atoms. The van der Waals surface area contributed by atoms with Crippen molar-refractivity contribution in [3.8, 4) is 0 Å². The van der Waals surface area contributed by atoms with Crippen LogP contribution in [-0.4, -0.2) is 37.0 Å². The van der Waals surface area contributed by atoms with E-state index in [4.69, 9.17) is 0 Å². The molecule has 0 bridgehead atoms. The number of rotatable bonds is 5. The lowest BCUT2D eigenvalue weighted by Crippen LogP contribution is -2.41. The van der Waals surface area contributed by atoms with Gasteiger partial charge in [0.15, 0.2) is 0 Å². The molecule has 0 aromatic carbocycles. The number of amides is 1. The second kappa shape index (κ2) is 5.75. The maximum atomic E-state index is 11.9. The molecule has 1 saturated heterocycles. The fraction of sp³-hybridized carbons (Fsp3) is 0.909. The zero-order valence-corrected chi connectivity index (χ0v) is 10.7. The summed E-state index contributed by atoms with van der Waals surface area (Å²) >= 11 is 1.84. The van der Waals surface area contributed by atoms with Crippen LogP contribution in [0.1, 0.15) is 26.7 Å². The summed E-state index contributed by atoms with van der Waals surface area (Å²) < 4.78 is 0. The first-order valence-electron chi connectivity index (χ1n) is 5.60. The topological polar surface area (TPSA) is 41.1 Å². The third-order valence-corrected chi connectivity index (χ3v) is 4.20. The maximum Gasteiger partial charge on any atom is 0.227 e. The van der Waals surface area contributed by atoms with Gasteiger partial charge in [0, 0.05) is 18.3 Å². The van der Waals surface area contributed by atoms with Crippen LogP contribution in [0.5, 0.6) is 0 Å². The van der Waals surface area contributed by atoms with Gasteiger partial charge in [0.2, 0.25) is 5.91 Å². The first-order valence-corrected chi connectivity index (χ1v) is 6.89. The van der Waals surface area contributed by atoms with Crippen molar-refractivity contribution in [3.63, 3.8) is 0 Å². The van der Waals surface area contributed by atoms with E-state index in [-0.39, 0.29) is 11.3 Å². The van der Waals surface area contributed by atoms with Crippen molar-refractivity contribution in [2.45, 2.75) is 31.9 Å². The Hall–Kier alpha value is -0.220. The van der Waals surface area contributed by atoms with Crippen LogP contribution < -0.4 is 10.6 Å². The molecule has 0 saturated carbocycles. The van der Waals surface area contributed by atoms with Crippen LogP contribution in [-0.2, 0) is 4.79 Å². The molecule has 1 rings (SSSR count). The average molecular weight is 230 g/mol. The molecule has 3 nitrogen and oxygen atoms in total. The molecule has 2 atom stereocenters. The van der Waals surface area contributed by atoms with E-state index in [2.05, 4.69) is 23.8 Å². The lowest BCUT2D eigenvalue weighted by atomic mass is 9.89. The van der Waals surface area contributed by atoms with E-state index in [9.17, 15) is 4.79 Å². The van der Waals surface area contributed by atoms with Crippen LogP contribution in [0.25, 0.3) is 0 Å². The van der Waals surface area contributed by atoms with Crippen molar-refractivity contribution in [3.05, 3.63) is 0 Å². The van der Waals surface area contributed by atoms with Gasteiger partial charge in [0.05, 0.1) is 5.41 Å². The van der Waals surface area contributed by atoms with Gasteiger partial charge in [-0.25, -0.2) is 0 Å². The van der Waals surface area contributed by atoms with Gasteiger partial charge in [0.1, 0.15) is 0 Å². The third-order valence-electron chi connectivity index (χ3n) is 3.16. The van der Waals surface area contributed by atoms with E-state index in [1.165, 1.54) is 0 Å². The van der Waals surface area contributed by atoms with Gasteiger partial charge in [-0.3, -0.25) is 4.79 Å². The van der Waals surface area contributed by atoms with Crippen LogP contribution in [0.4, 0.5) is 0 Å². The molecule has 1 aliphatic heterocycles. The Morgan fingerprint density at radius 3 is 2.93 bits per heavy atom. The van der Waals surface area contributed by atoms with Crippen LogP contribution in [0, 0.1) is 5.41 Å². The summed E-state index contributed by atoms with van der Waals surface area (Å²) in [4.78, 5) is 11.9. The first-order chi connectivity index (χ1) is 7.08. The highest BCUT2D eigenvalue weighted by molar-refractivity contribution is 7.99. The van der Waals surface area contributed by atoms with Crippen molar-refractivity contribution >= 4 is 17.7 Å². The lowest BCUT2D eigenvalue weighted by Gasteiger charge is -2.21. The molecule has 1 heterocycles. The third kappa shape index (κ3) is 3.68. The van der Waals surface area contributed by atoms with Gasteiger partial charge >= 0.3 is 0 Å². The minimum atomic E-state index is -0.178. The Morgan fingerprint density at radius 2 is 2.40 bits per heavy atom. The van der Waals surface area contributed by atoms with Crippen molar-refractivity contribution in [2.75, 3.05) is 25.9 Å². The highest BCUT2D eigenvalue weighted by Gasteiger charge is 2.35. The van der Waals surface area contributed by atoms with Gasteiger partial charge in [-0.15, -0.1) is 0 Å². The highest BCUT2D eigenvalue weighted by atomic mass is 32.2. The Kier molecular flexibility index (Phi) is 4.93.